The Labute approximate surface area is 157 Å². The third-order valence-electron chi connectivity index (χ3n) is 7.78. The van der Waals surface area contributed by atoms with Crippen LogP contribution in [0.25, 0.3) is 0 Å². The van der Waals surface area contributed by atoms with Crippen LogP contribution in [-0.4, -0.2) is 0 Å². The zero-order valence-corrected chi connectivity index (χ0v) is 15.8. The number of hydrogen-bond donors (Lipinski definition) is 0. The fourth-order valence-electron chi connectivity index (χ4n) is 6.62. The SMILES string of the molecule is C=CCC[C@@H]1CC[C@H]2[C@H](CC[C@H]3CC(c4cc(F)cc(F)c4)CC[C@@H]32)C1. The smallest absolute Gasteiger partial charge is 0.126 e. The maximum Gasteiger partial charge on any atom is 0.126 e. The van der Waals surface area contributed by atoms with Crippen LogP contribution in [0.2, 0.25) is 0 Å². The van der Waals surface area contributed by atoms with E-state index >= 15 is 0 Å². The van der Waals surface area contributed by atoms with Crippen molar-refractivity contribution in [2.75, 3.05) is 0 Å². The van der Waals surface area contributed by atoms with Crippen molar-refractivity contribution >= 4 is 0 Å². The second-order valence-electron chi connectivity index (χ2n) is 9.18. The van der Waals surface area contributed by atoms with E-state index in [1.807, 2.05) is 0 Å². The van der Waals surface area contributed by atoms with Gasteiger partial charge in [0.2, 0.25) is 0 Å². The summed E-state index contributed by atoms with van der Waals surface area (Å²) in [6, 6.07) is 4.11. The Morgan fingerprint density at radius 2 is 1.50 bits per heavy atom. The molecule has 1 aromatic carbocycles. The molecule has 2 heteroatoms. The summed E-state index contributed by atoms with van der Waals surface area (Å²) < 4.78 is 27.2. The highest BCUT2D eigenvalue weighted by Crippen LogP contribution is 2.55. The molecule has 142 valence electrons. The summed E-state index contributed by atoms with van der Waals surface area (Å²) in [7, 11) is 0. The van der Waals surface area contributed by atoms with Crippen molar-refractivity contribution in [1.82, 2.24) is 0 Å². The molecule has 0 radical (unpaired) electrons. The van der Waals surface area contributed by atoms with E-state index in [1.54, 1.807) is 12.1 Å². The van der Waals surface area contributed by atoms with Crippen LogP contribution in [0.4, 0.5) is 8.78 Å². The van der Waals surface area contributed by atoms with Gasteiger partial charge in [-0.05, 0) is 111 Å². The fourth-order valence-corrected chi connectivity index (χ4v) is 6.62. The van der Waals surface area contributed by atoms with Crippen molar-refractivity contribution < 1.29 is 8.78 Å². The van der Waals surface area contributed by atoms with E-state index in [1.165, 1.54) is 51.4 Å². The highest BCUT2D eigenvalue weighted by atomic mass is 19.1. The highest BCUT2D eigenvalue weighted by molar-refractivity contribution is 5.23. The van der Waals surface area contributed by atoms with Gasteiger partial charge in [-0.25, -0.2) is 8.78 Å². The van der Waals surface area contributed by atoms with Crippen LogP contribution in [0.5, 0.6) is 0 Å². The van der Waals surface area contributed by atoms with Gasteiger partial charge in [0.1, 0.15) is 11.6 Å². The van der Waals surface area contributed by atoms with Gasteiger partial charge in [0.15, 0.2) is 0 Å². The zero-order valence-electron chi connectivity index (χ0n) is 15.8. The molecule has 0 spiro atoms. The van der Waals surface area contributed by atoms with Gasteiger partial charge in [-0.2, -0.15) is 0 Å². The second kappa shape index (κ2) is 7.82. The average molecular weight is 359 g/mol. The molecule has 3 fully saturated rings. The van der Waals surface area contributed by atoms with Crippen molar-refractivity contribution in [2.45, 2.75) is 70.1 Å². The van der Waals surface area contributed by atoms with Crippen molar-refractivity contribution in [3.8, 4) is 0 Å². The minimum absolute atomic E-state index is 0.349. The molecule has 0 aromatic heterocycles. The predicted octanol–water partition coefficient (Wildman–Crippen LogP) is 7.26. The first kappa shape index (κ1) is 18.2. The maximum absolute atomic E-state index is 13.6. The van der Waals surface area contributed by atoms with Crippen LogP contribution in [0, 0.1) is 41.2 Å². The lowest BCUT2D eigenvalue weighted by atomic mass is 9.55. The van der Waals surface area contributed by atoms with E-state index < -0.39 is 11.6 Å². The molecule has 3 saturated carbocycles. The Balaban J connectivity index is 1.40. The Morgan fingerprint density at radius 3 is 2.19 bits per heavy atom. The topological polar surface area (TPSA) is 0 Å². The number of fused-ring (bicyclic) bond motifs is 3. The first-order chi connectivity index (χ1) is 12.6. The monoisotopic (exact) mass is 358 g/mol. The molecule has 0 amide bonds. The third-order valence-corrected chi connectivity index (χ3v) is 7.78. The molecule has 3 aliphatic carbocycles. The molecule has 0 heterocycles. The summed E-state index contributed by atoms with van der Waals surface area (Å²) >= 11 is 0. The number of rotatable bonds is 4. The number of allylic oxidation sites excluding steroid dienone is 1. The van der Waals surface area contributed by atoms with Gasteiger partial charge in [-0.15, -0.1) is 6.58 Å². The summed E-state index contributed by atoms with van der Waals surface area (Å²) in [4.78, 5) is 0. The molecule has 6 atom stereocenters. The van der Waals surface area contributed by atoms with Crippen molar-refractivity contribution in [3.05, 3.63) is 48.1 Å². The van der Waals surface area contributed by atoms with Gasteiger partial charge >= 0.3 is 0 Å². The van der Waals surface area contributed by atoms with E-state index in [4.69, 9.17) is 0 Å². The molecular formula is C24H32F2. The molecule has 1 unspecified atom stereocenters. The average Bonchev–Trinajstić information content (AvgIpc) is 2.64. The lowest BCUT2D eigenvalue weighted by Gasteiger charge is -2.51. The van der Waals surface area contributed by atoms with Gasteiger partial charge in [0.05, 0.1) is 0 Å². The van der Waals surface area contributed by atoms with E-state index in [-0.39, 0.29) is 0 Å². The van der Waals surface area contributed by atoms with Crippen LogP contribution >= 0.6 is 0 Å². The first-order valence-electron chi connectivity index (χ1n) is 10.7. The summed E-state index contributed by atoms with van der Waals surface area (Å²) in [6.07, 6.45) is 15.0. The molecule has 0 nitrogen and oxygen atoms in total. The van der Waals surface area contributed by atoms with Crippen LogP contribution in [-0.2, 0) is 0 Å². The normalized spacial score (nSPS) is 36.8. The molecule has 26 heavy (non-hydrogen) atoms. The van der Waals surface area contributed by atoms with Gasteiger partial charge < -0.3 is 0 Å². The molecule has 0 aliphatic heterocycles. The lowest BCUT2D eigenvalue weighted by Crippen LogP contribution is -2.41. The summed E-state index contributed by atoms with van der Waals surface area (Å²) in [6.45, 7) is 3.88. The first-order valence-corrected chi connectivity index (χ1v) is 10.7. The van der Waals surface area contributed by atoms with E-state index in [0.29, 0.717) is 5.92 Å². The van der Waals surface area contributed by atoms with Gasteiger partial charge in [0, 0.05) is 6.07 Å². The van der Waals surface area contributed by atoms with E-state index in [0.717, 1.165) is 54.1 Å². The Kier molecular flexibility index (Phi) is 5.47. The molecule has 4 rings (SSSR count). The van der Waals surface area contributed by atoms with Crippen molar-refractivity contribution in [3.63, 3.8) is 0 Å². The van der Waals surface area contributed by atoms with E-state index in [2.05, 4.69) is 12.7 Å². The molecule has 1 aromatic rings. The quantitative estimate of drug-likeness (QED) is 0.497. The largest absolute Gasteiger partial charge is 0.207 e. The second-order valence-corrected chi connectivity index (χ2v) is 9.18. The number of halogens is 2. The molecule has 0 N–H and O–H groups in total. The van der Waals surface area contributed by atoms with Crippen LogP contribution < -0.4 is 0 Å². The minimum Gasteiger partial charge on any atom is -0.207 e. The number of benzene rings is 1. The lowest BCUT2D eigenvalue weighted by molar-refractivity contribution is 0.00562. The maximum atomic E-state index is 13.6. The van der Waals surface area contributed by atoms with Crippen LogP contribution in [0.1, 0.15) is 75.7 Å². The number of hydrogen-bond acceptors (Lipinski definition) is 0. The van der Waals surface area contributed by atoms with E-state index in [9.17, 15) is 8.78 Å². The van der Waals surface area contributed by atoms with Gasteiger partial charge in [0.25, 0.3) is 0 Å². The molecule has 0 bridgehead atoms. The summed E-state index contributed by atoms with van der Waals surface area (Å²) in [5, 5.41) is 0. The van der Waals surface area contributed by atoms with Gasteiger partial charge in [-0.3, -0.25) is 0 Å². The fraction of sp³-hybridized carbons (Fsp3) is 0.667. The molecule has 3 aliphatic rings. The standard InChI is InChI=1S/C24H32F2/c1-2-3-4-16-5-9-23-18(11-16)6-7-19-12-17(8-10-24(19)23)20-13-21(25)15-22(26)14-20/h2,13-19,23-24H,1,3-12H2/t16-,17?,18-,19+,23+,24+/m1/s1. The molecular weight excluding hydrogens is 326 g/mol. The zero-order chi connectivity index (χ0) is 18.1. The Hall–Kier alpha value is -1.18. The summed E-state index contributed by atoms with van der Waals surface area (Å²) in [5.41, 5.74) is 0.885. The van der Waals surface area contributed by atoms with Crippen molar-refractivity contribution in [1.29, 1.82) is 0 Å². The minimum atomic E-state index is -0.427. The highest BCUT2D eigenvalue weighted by Gasteiger charge is 2.44. The summed E-state index contributed by atoms with van der Waals surface area (Å²) in [5.74, 6) is 3.89. The van der Waals surface area contributed by atoms with Crippen LogP contribution in [0.15, 0.2) is 30.9 Å². The third kappa shape index (κ3) is 3.75. The molecule has 0 saturated heterocycles. The Morgan fingerprint density at radius 1 is 0.846 bits per heavy atom. The van der Waals surface area contributed by atoms with Crippen LogP contribution in [0.3, 0.4) is 0 Å². The Bertz CT molecular complexity index is 617. The van der Waals surface area contributed by atoms with Crippen molar-refractivity contribution in [2.24, 2.45) is 29.6 Å². The van der Waals surface area contributed by atoms with Gasteiger partial charge in [-0.1, -0.05) is 12.5 Å². The predicted molar refractivity (Wildman–Crippen MR) is 103 cm³/mol.